The molecular weight excluding hydrogens is 210 g/mol. The van der Waals surface area contributed by atoms with Crippen LogP contribution in [0.4, 0.5) is 0 Å². The molecule has 0 heterocycles. The second-order valence-corrected chi connectivity index (χ2v) is 5.17. The first kappa shape index (κ1) is 14.8. The van der Waals surface area contributed by atoms with E-state index in [4.69, 9.17) is 10.5 Å². The fourth-order valence-corrected chi connectivity index (χ4v) is 2.26. The van der Waals surface area contributed by atoms with Gasteiger partial charge in [0.05, 0.1) is 6.61 Å². The molecule has 90 valence electrons. The Morgan fingerprint density at radius 3 is 2.47 bits per heavy atom. The van der Waals surface area contributed by atoms with Crippen molar-refractivity contribution in [2.75, 3.05) is 18.1 Å². The van der Waals surface area contributed by atoms with Gasteiger partial charge in [0.25, 0.3) is 0 Å². The average molecular weight is 233 g/mol. The molecule has 0 bridgehead atoms. The molecule has 0 aliphatic carbocycles. The predicted octanol–water partition coefficient (Wildman–Crippen LogP) is 2.05. The Balaban J connectivity index is 3.38. The lowest BCUT2D eigenvalue weighted by Crippen LogP contribution is -2.32. The van der Waals surface area contributed by atoms with Crippen LogP contribution in [0.5, 0.6) is 0 Å². The number of ether oxygens (including phenoxy) is 1. The van der Waals surface area contributed by atoms with Crippen LogP contribution in [0.2, 0.25) is 0 Å². The lowest BCUT2D eigenvalue weighted by molar-refractivity contribution is -0.144. The molecule has 0 aliphatic rings. The number of hydrogen-bond donors (Lipinski definition) is 1. The maximum absolute atomic E-state index is 11.2. The van der Waals surface area contributed by atoms with Crippen LogP contribution in [0.25, 0.3) is 0 Å². The molecule has 0 saturated carbocycles. The molecule has 0 radical (unpaired) electrons. The number of hydrogen-bond acceptors (Lipinski definition) is 4. The van der Waals surface area contributed by atoms with Crippen molar-refractivity contribution in [3.63, 3.8) is 0 Å². The normalized spacial score (nSPS) is 12.9. The van der Waals surface area contributed by atoms with Gasteiger partial charge in [0, 0.05) is 0 Å². The summed E-state index contributed by atoms with van der Waals surface area (Å²) in [6, 6.07) is -0.448. The van der Waals surface area contributed by atoms with E-state index in [0.717, 1.165) is 17.4 Å². The molecule has 0 rings (SSSR count). The van der Waals surface area contributed by atoms with Crippen molar-refractivity contribution in [3.8, 4) is 0 Å². The fraction of sp³-hybridized carbons (Fsp3) is 0.909. The lowest BCUT2D eigenvalue weighted by atomic mass is 10.2. The molecule has 0 aromatic heterocycles. The maximum atomic E-state index is 11.2. The highest BCUT2D eigenvalue weighted by atomic mass is 32.2. The molecular formula is C11H23NO2S. The second-order valence-electron chi connectivity index (χ2n) is 3.94. The van der Waals surface area contributed by atoms with Gasteiger partial charge in [-0.05, 0) is 37.2 Å². The summed E-state index contributed by atoms with van der Waals surface area (Å²) in [7, 11) is 0. The van der Waals surface area contributed by atoms with E-state index in [1.807, 2.05) is 11.8 Å². The zero-order chi connectivity index (χ0) is 11.7. The third-order valence-corrected chi connectivity index (χ3v) is 3.05. The van der Waals surface area contributed by atoms with Crippen LogP contribution in [0.1, 0.15) is 33.6 Å². The van der Waals surface area contributed by atoms with Gasteiger partial charge in [-0.2, -0.15) is 11.8 Å². The van der Waals surface area contributed by atoms with E-state index in [2.05, 4.69) is 13.8 Å². The summed E-state index contributed by atoms with van der Waals surface area (Å²) in [6.45, 7) is 6.63. The van der Waals surface area contributed by atoms with Gasteiger partial charge in [-0.15, -0.1) is 0 Å². The van der Waals surface area contributed by atoms with E-state index in [9.17, 15) is 4.79 Å². The Morgan fingerprint density at radius 1 is 1.33 bits per heavy atom. The molecule has 2 N–H and O–H groups in total. The zero-order valence-corrected chi connectivity index (χ0v) is 10.8. The smallest absolute Gasteiger partial charge is 0.322 e. The lowest BCUT2D eigenvalue weighted by Gasteiger charge is -2.10. The second kappa shape index (κ2) is 9.04. The molecule has 0 aliphatic heterocycles. The minimum absolute atomic E-state index is 0.276. The summed E-state index contributed by atoms with van der Waals surface area (Å²) in [6.07, 6.45) is 1.93. The number of nitrogens with two attached hydrogens (primary N) is 1. The molecule has 0 spiro atoms. The molecule has 0 fully saturated rings. The van der Waals surface area contributed by atoms with Crippen LogP contribution >= 0.6 is 11.8 Å². The van der Waals surface area contributed by atoms with Gasteiger partial charge in [0.1, 0.15) is 6.04 Å². The van der Waals surface area contributed by atoms with Crippen molar-refractivity contribution in [1.82, 2.24) is 0 Å². The molecule has 1 unspecified atom stereocenters. The first-order chi connectivity index (χ1) is 7.07. The SMILES string of the molecule is CCOC(=O)C(N)CCSCCC(C)C. The molecule has 1 atom stereocenters. The molecule has 4 heteroatoms. The number of carbonyl (C=O) groups excluding carboxylic acids is 1. The van der Waals surface area contributed by atoms with E-state index < -0.39 is 6.04 Å². The monoisotopic (exact) mass is 233 g/mol. The fourth-order valence-electron chi connectivity index (χ4n) is 0.999. The minimum atomic E-state index is -0.448. The van der Waals surface area contributed by atoms with Crippen molar-refractivity contribution >= 4 is 17.7 Å². The number of thioether (sulfide) groups is 1. The summed E-state index contributed by atoms with van der Waals surface area (Å²) in [5.74, 6) is 2.55. The van der Waals surface area contributed by atoms with E-state index >= 15 is 0 Å². The zero-order valence-electron chi connectivity index (χ0n) is 9.99. The standard InChI is InChI=1S/C11H23NO2S/c1-4-14-11(13)10(12)6-8-15-7-5-9(2)3/h9-10H,4-8,12H2,1-3H3. The van der Waals surface area contributed by atoms with E-state index in [-0.39, 0.29) is 5.97 Å². The molecule has 0 amide bonds. The average Bonchev–Trinajstić information content (AvgIpc) is 2.16. The number of carbonyl (C=O) groups is 1. The largest absolute Gasteiger partial charge is 0.465 e. The summed E-state index contributed by atoms with van der Waals surface area (Å²) >= 11 is 1.86. The van der Waals surface area contributed by atoms with E-state index in [1.165, 1.54) is 6.42 Å². The van der Waals surface area contributed by atoms with E-state index in [0.29, 0.717) is 13.0 Å². The van der Waals surface area contributed by atoms with Crippen LogP contribution in [-0.4, -0.2) is 30.1 Å². The third-order valence-electron chi connectivity index (χ3n) is 2.00. The first-order valence-corrected chi connectivity index (χ1v) is 6.73. The number of esters is 1. The first-order valence-electron chi connectivity index (χ1n) is 5.57. The van der Waals surface area contributed by atoms with Crippen molar-refractivity contribution in [2.24, 2.45) is 11.7 Å². The molecule has 0 aromatic carbocycles. The Bertz CT molecular complexity index is 174. The van der Waals surface area contributed by atoms with Crippen LogP contribution < -0.4 is 5.73 Å². The van der Waals surface area contributed by atoms with Gasteiger partial charge < -0.3 is 10.5 Å². The van der Waals surface area contributed by atoms with Gasteiger partial charge >= 0.3 is 5.97 Å². The van der Waals surface area contributed by atoms with Crippen LogP contribution in [-0.2, 0) is 9.53 Å². The summed E-state index contributed by atoms with van der Waals surface area (Å²) < 4.78 is 4.83. The van der Waals surface area contributed by atoms with Gasteiger partial charge in [0.15, 0.2) is 0 Å². The van der Waals surface area contributed by atoms with E-state index in [1.54, 1.807) is 6.92 Å². The van der Waals surface area contributed by atoms with Crippen molar-refractivity contribution in [3.05, 3.63) is 0 Å². The highest BCUT2D eigenvalue weighted by molar-refractivity contribution is 7.99. The predicted molar refractivity (Wildman–Crippen MR) is 66.0 cm³/mol. The molecule has 15 heavy (non-hydrogen) atoms. The Hall–Kier alpha value is -0.220. The van der Waals surface area contributed by atoms with Crippen LogP contribution in [0, 0.1) is 5.92 Å². The maximum Gasteiger partial charge on any atom is 0.322 e. The van der Waals surface area contributed by atoms with Gasteiger partial charge in [0.2, 0.25) is 0 Å². The highest BCUT2D eigenvalue weighted by Crippen LogP contribution is 2.10. The van der Waals surface area contributed by atoms with Gasteiger partial charge in [-0.25, -0.2) is 0 Å². The Morgan fingerprint density at radius 2 is 1.93 bits per heavy atom. The molecule has 3 nitrogen and oxygen atoms in total. The topological polar surface area (TPSA) is 52.3 Å². The highest BCUT2D eigenvalue weighted by Gasteiger charge is 2.13. The van der Waals surface area contributed by atoms with Gasteiger partial charge in [-0.3, -0.25) is 4.79 Å². The summed E-state index contributed by atoms with van der Waals surface area (Å²) in [4.78, 5) is 11.2. The minimum Gasteiger partial charge on any atom is -0.465 e. The van der Waals surface area contributed by atoms with Crippen LogP contribution in [0.15, 0.2) is 0 Å². The molecule has 0 aromatic rings. The van der Waals surface area contributed by atoms with Crippen molar-refractivity contribution in [2.45, 2.75) is 39.7 Å². The number of rotatable bonds is 8. The summed E-state index contributed by atoms with van der Waals surface area (Å²) in [5.41, 5.74) is 5.66. The Kier molecular flexibility index (Phi) is 8.91. The quantitative estimate of drug-likeness (QED) is 0.515. The van der Waals surface area contributed by atoms with Gasteiger partial charge in [-0.1, -0.05) is 13.8 Å². The van der Waals surface area contributed by atoms with Crippen molar-refractivity contribution in [1.29, 1.82) is 0 Å². The summed E-state index contributed by atoms with van der Waals surface area (Å²) in [5, 5.41) is 0. The Labute approximate surface area is 97.1 Å². The van der Waals surface area contributed by atoms with Crippen molar-refractivity contribution < 1.29 is 9.53 Å². The third kappa shape index (κ3) is 8.75. The van der Waals surface area contributed by atoms with Crippen LogP contribution in [0.3, 0.4) is 0 Å². The molecule has 0 saturated heterocycles.